The Morgan fingerprint density at radius 1 is 0.923 bits per heavy atom. The molecular weight excluding hydrogens is 503 g/mol. The molecule has 0 saturated carbocycles. The molecule has 3 aliphatic rings. The smallest absolute Gasteiger partial charge is 0.193 e. The first-order valence-corrected chi connectivity index (χ1v) is 13.3. The fraction of sp³-hybridized carbons (Fsp3) is 0.367. The second-order valence-electron chi connectivity index (χ2n) is 10.3. The average Bonchev–Trinajstić information content (AvgIpc) is 3.75. The standard InChI is InChI=1S/C30H29FN2O6/c31-22-12-23-24(13-27(32-23)39-26-16-38-29-25(34)15-37-30(26)29)33-28(22)19-5-3-17(4-6-19)18-7-9-20(10-8-18)36-14-21-2-1-11-35-21/h3-10,12-13,21,25-26,29-30,32,34H,1-2,11,14-16H2/t21?,25-,26-,29-,30-/m1/s1. The molecule has 0 amide bonds. The summed E-state index contributed by atoms with van der Waals surface area (Å²) in [5.41, 5.74) is 4.13. The van der Waals surface area contributed by atoms with Crippen molar-refractivity contribution in [1.82, 2.24) is 9.97 Å². The lowest BCUT2D eigenvalue weighted by Crippen LogP contribution is -2.34. The van der Waals surface area contributed by atoms with Gasteiger partial charge in [-0.2, -0.15) is 0 Å². The van der Waals surface area contributed by atoms with E-state index in [0.29, 0.717) is 35.7 Å². The number of aliphatic hydroxyl groups is 1. The largest absolute Gasteiger partial charge is 0.491 e. The minimum atomic E-state index is -0.647. The van der Waals surface area contributed by atoms with Gasteiger partial charge in [0.1, 0.15) is 36.4 Å². The van der Waals surface area contributed by atoms with E-state index in [-0.39, 0.29) is 36.7 Å². The van der Waals surface area contributed by atoms with Crippen molar-refractivity contribution in [3.63, 3.8) is 0 Å². The quantitative estimate of drug-likeness (QED) is 0.362. The lowest BCUT2D eigenvalue weighted by Gasteiger charge is -2.16. The zero-order valence-corrected chi connectivity index (χ0v) is 21.2. The zero-order valence-electron chi connectivity index (χ0n) is 21.2. The molecule has 2 aromatic carbocycles. The van der Waals surface area contributed by atoms with E-state index >= 15 is 4.39 Å². The van der Waals surface area contributed by atoms with Crippen LogP contribution in [0, 0.1) is 5.82 Å². The van der Waals surface area contributed by atoms with Gasteiger partial charge < -0.3 is 33.8 Å². The van der Waals surface area contributed by atoms with Crippen LogP contribution in [0.1, 0.15) is 12.8 Å². The van der Waals surface area contributed by atoms with Crippen molar-refractivity contribution in [2.45, 2.75) is 43.4 Å². The number of H-pyrrole nitrogens is 1. The zero-order chi connectivity index (χ0) is 26.3. The Bertz CT molecular complexity index is 1450. The van der Waals surface area contributed by atoms with Crippen LogP contribution >= 0.6 is 0 Å². The Balaban J connectivity index is 1.05. The minimum Gasteiger partial charge on any atom is -0.491 e. The number of aromatic amines is 1. The molecule has 202 valence electrons. The maximum atomic E-state index is 15.1. The number of hydrogen-bond acceptors (Lipinski definition) is 7. The van der Waals surface area contributed by atoms with E-state index in [1.54, 1.807) is 6.07 Å². The minimum absolute atomic E-state index is 0.182. The Morgan fingerprint density at radius 2 is 1.67 bits per heavy atom. The lowest BCUT2D eigenvalue weighted by atomic mass is 10.0. The molecule has 1 unspecified atom stereocenters. The van der Waals surface area contributed by atoms with Gasteiger partial charge in [0.2, 0.25) is 0 Å². The van der Waals surface area contributed by atoms with Crippen molar-refractivity contribution in [2.75, 3.05) is 26.4 Å². The molecule has 5 heterocycles. The maximum Gasteiger partial charge on any atom is 0.193 e. The molecule has 0 aliphatic carbocycles. The number of pyridine rings is 1. The Labute approximate surface area is 224 Å². The number of fused-ring (bicyclic) bond motifs is 2. The molecule has 0 spiro atoms. The molecule has 8 nitrogen and oxygen atoms in total. The topological polar surface area (TPSA) is 95.1 Å². The highest BCUT2D eigenvalue weighted by atomic mass is 19.1. The van der Waals surface area contributed by atoms with Gasteiger partial charge in [-0.25, -0.2) is 9.37 Å². The van der Waals surface area contributed by atoms with Crippen molar-refractivity contribution < 1.29 is 33.2 Å². The molecule has 4 aromatic rings. The van der Waals surface area contributed by atoms with Gasteiger partial charge in [0.05, 0.1) is 30.4 Å². The SMILES string of the molecule is O[C@@H]1CO[C@H]2[C@@H]1OC[C@H]2Oc1cc2nc(-c3ccc(-c4ccc(OCC5CCCO5)cc4)cc3)c(F)cc2[nH]1. The maximum absolute atomic E-state index is 15.1. The molecule has 5 atom stereocenters. The first-order chi connectivity index (χ1) is 19.1. The van der Waals surface area contributed by atoms with Crippen LogP contribution in [0.15, 0.2) is 60.7 Å². The average molecular weight is 533 g/mol. The van der Waals surface area contributed by atoms with Gasteiger partial charge in [0, 0.05) is 24.3 Å². The van der Waals surface area contributed by atoms with Crippen molar-refractivity contribution in [3.8, 4) is 34.0 Å². The molecule has 2 N–H and O–H groups in total. The molecular formula is C30H29FN2O6. The Kier molecular flexibility index (Phi) is 6.44. The predicted octanol–water partition coefficient (Wildman–Crippen LogP) is 4.50. The molecule has 7 rings (SSSR count). The first-order valence-electron chi connectivity index (χ1n) is 13.3. The van der Waals surface area contributed by atoms with Crippen LogP contribution in [0.4, 0.5) is 4.39 Å². The van der Waals surface area contributed by atoms with Crippen LogP contribution < -0.4 is 9.47 Å². The Hall–Kier alpha value is -3.50. The number of hydrogen-bond donors (Lipinski definition) is 2. The fourth-order valence-corrected chi connectivity index (χ4v) is 5.51. The Morgan fingerprint density at radius 3 is 2.44 bits per heavy atom. The number of aromatic nitrogens is 2. The highest BCUT2D eigenvalue weighted by molar-refractivity contribution is 5.81. The summed E-state index contributed by atoms with van der Waals surface area (Å²) in [6.45, 7) is 1.93. The number of nitrogens with zero attached hydrogens (tertiary/aromatic N) is 1. The molecule has 3 fully saturated rings. The molecule has 9 heteroatoms. The summed E-state index contributed by atoms with van der Waals surface area (Å²) in [4.78, 5) is 7.65. The van der Waals surface area contributed by atoms with E-state index in [2.05, 4.69) is 9.97 Å². The number of benzene rings is 2. The monoisotopic (exact) mass is 532 g/mol. The van der Waals surface area contributed by atoms with Crippen LogP contribution in [0.25, 0.3) is 33.4 Å². The van der Waals surface area contributed by atoms with Gasteiger partial charge in [0.25, 0.3) is 0 Å². The first kappa shape index (κ1) is 24.5. The summed E-state index contributed by atoms with van der Waals surface area (Å²) in [5, 5.41) is 9.94. The summed E-state index contributed by atoms with van der Waals surface area (Å²) in [7, 11) is 0. The normalized spacial score (nSPS) is 26.3. The van der Waals surface area contributed by atoms with E-state index in [4.69, 9.17) is 23.7 Å². The van der Waals surface area contributed by atoms with Gasteiger partial charge >= 0.3 is 0 Å². The predicted molar refractivity (Wildman–Crippen MR) is 141 cm³/mol. The summed E-state index contributed by atoms with van der Waals surface area (Å²) in [6.07, 6.45) is 0.597. The number of ether oxygens (including phenoxy) is 5. The number of rotatable bonds is 7. The van der Waals surface area contributed by atoms with Crippen LogP contribution in [0.5, 0.6) is 11.6 Å². The second-order valence-corrected chi connectivity index (χ2v) is 10.3. The molecule has 3 aliphatic heterocycles. The molecule has 0 bridgehead atoms. The van der Waals surface area contributed by atoms with E-state index in [9.17, 15) is 5.11 Å². The van der Waals surface area contributed by atoms with Gasteiger partial charge in [-0.3, -0.25) is 0 Å². The van der Waals surface area contributed by atoms with Crippen molar-refractivity contribution >= 4 is 11.0 Å². The number of halogens is 1. The van der Waals surface area contributed by atoms with E-state index in [1.165, 1.54) is 6.07 Å². The van der Waals surface area contributed by atoms with Crippen molar-refractivity contribution in [1.29, 1.82) is 0 Å². The van der Waals surface area contributed by atoms with Gasteiger partial charge in [0.15, 0.2) is 17.8 Å². The highest BCUT2D eigenvalue weighted by Gasteiger charge is 2.48. The van der Waals surface area contributed by atoms with Gasteiger partial charge in [-0.05, 0) is 36.1 Å². The van der Waals surface area contributed by atoms with Gasteiger partial charge in [-0.1, -0.05) is 36.4 Å². The number of aliphatic hydroxyl groups excluding tert-OH is 1. The van der Waals surface area contributed by atoms with Crippen LogP contribution in [-0.2, 0) is 14.2 Å². The molecule has 0 radical (unpaired) electrons. The molecule has 3 saturated heterocycles. The van der Waals surface area contributed by atoms with Crippen LogP contribution in [0.3, 0.4) is 0 Å². The van der Waals surface area contributed by atoms with Gasteiger partial charge in [-0.15, -0.1) is 0 Å². The highest BCUT2D eigenvalue weighted by Crippen LogP contribution is 2.32. The lowest BCUT2D eigenvalue weighted by molar-refractivity contribution is 0.00794. The summed E-state index contributed by atoms with van der Waals surface area (Å²) < 4.78 is 43.8. The van der Waals surface area contributed by atoms with Crippen LogP contribution in [-0.4, -0.2) is 72.0 Å². The van der Waals surface area contributed by atoms with E-state index < -0.39 is 11.9 Å². The third-order valence-corrected chi connectivity index (χ3v) is 7.60. The summed E-state index contributed by atoms with van der Waals surface area (Å²) in [6, 6.07) is 18.8. The number of nitrogens with one attached hydrogen (secondary N) is 1. The van der Waals surface area contributed by atoms with E-state index in [1.807, 2.05) is 48.5 Å². The van der Waals surface area contributed by atoms with Crippen LogP contribution in [0.2, 0.25) is 0 Å². The molecule has 39 heavy (non-hydrogen) atoms. The van der Waals surface area contributed by atoms with Crippen molar-refractivity contribution in [2.24, 2.45) is 0 Å². The third kappa shape index (κ3) is 4.87. The van der Waals surface area contributed by atoms with E-state index in [0.717, 1.165) is 36.3 Å². The third-order valence-electron chi connectivity index (χ3n) is 7.60. The summed E-state index contributed by atoms with van der Waals surface area (Å²) >= 11 is 0. The molecule has 2 aromatic heterocycles. The fourth-order valence-electron chi connectivity index (χ4n) is 5.51. The van der Waals surface area contributed by atoms with Crippen molar-refractivity contribution in [3.05, 3.63) is 66.5 Å². The summed E-state index contributed by atoms with van der Waals surface area (Å²) in [5.74, 6) is 0.837. The second kappa shape index (κ2) is 10.2.